The molecular weight excluding hydrogens is 235 g/mol. The fourth-order valence-corrected chi connectivity index (χ4v) is 1.23. The largest absolute Gasteiger partial charge is 0.346 e. The molecule has 0 aliphatic carbocycles. The minimum Gasteiger partial charge on any atom is -0.346 e. The first-order valence-corrected chi connectivity index (χ1v) is 8.31. The molecule has 0 bridgehead atoms. The molecule has 2 aromatic carbocycles. The summed E-state index contributed by atoms with van der Waals surface area (Å²) in [6.07, 6.45) is 1.70. The normalized spacial score (nSPS) is 9.44. The summed E-state index contributed by atoms with van der Waals surface area (Å²) in [5.41, 5.74) is 1.98. The smallest absolute Gasteiger partial charge is 0.191 e. The molecule has 0 saturated carbocycles. The lowest BCUT2D eigenvalue weighted by Crippen LogP contribution is -1.92. The van der Waals surface area contributed by atoms with Gasteiger partial charge < -0.3 is 5.32 Å². The van der Waals surface area contributed by atoms with Crippen molar-refractivity contribution in [2.75, 3.05) is 5.32 Å². The molecule has 2 rings (SSSR count). The van der Waals surface area contributed by atoms with Crippen LogP contribution in [0.5, 0.6) is 0 Å². The highest BCUT2D eigenvalue weighted by Gasteiger charge is 1.85. The monoisotopic (exact) mass is 253 g/mol. The summed E-state index contributed by atoms with van der Waals surface area (Å²) in [5, 5.41) is 3.10. The Hall–Kier alpha value is -1.56. The lowest BCUT2D eigenvalue weighted by Gasteiger charge is -1.98. The van der Waals surface area contributed by atoms with Crippen LogP contribution in [-0.2, 0) is 0 Å². The second kappa shape index (κ2) is 9.47. The van der Waals surface area contributed by atoms with Crippen molar-refractivity contribution in [3.8, 4) is 0 Å². The van der Waals surface area contributed by atoms with Crippen LogP contribution in [-0.4, -0.2) is 21.6 Å². The minimum absolute atomic E-state index is 0.750. The Kier molecular flexibility index (Phi) is 7.63. The number of para-hydroxylation sites is 2. The van der Waals surface area contributed by atoms with Gasteiger partial charge in [-0.25, -0.2) is 4.99 Å². The number of nitrogens with zero attached hydrogens (tertiary/aromatic N) is 1. The average molecular weight is 253 g/mol. The highest BCUT2D eigenvalue weighted by Crippen LogP contribution is 2.09. The molecule has 0 aromatic heterocycles. The molecule has 0 heterocycles. The van der Waals surface area contributed by atoms with Gasteiger partial charge >= 0.3 is 0 Å². The van der Waals surface area contributed by atoms with Crippen molar-refractivity contribution in [3.63, 3.8) is 0 Å². The molecule has 18 heavy (non-hydrogen) atoms. The van der Waals surface area contributed by atoms with E-state index >= 15 is 0 Å². The zero-order chi connectivity index (χ0) is 13.1. The van der Waals surface area contributed by atoms with E-state index in [9.17, 15) is 0 Å². The van der Waals surface area contributed by atoms with Crippen molar-refractivity contribution in [2.45, 2.75) is 11.6 Å². The van der Waals surface area contributed by atoms with Gasteiger partial charge in [-0.15, -0.1) is 11.6 Å². The van der Waals surface area contributed by atoms with Crippen LogP contribution in [0.4, 0.5) is 11.4 Å². The number of hydrogen-bond acceptors (Lipinski definition) is 1. The second-order valence-corrected chi connectivity index (χ2v) is 4.84. The maximum atomic E-state index is 4.27. The van der Waals surface area contributed by atoms with Gasteiger partial charge in [0.2, 0.25) is 0 Å². The third-order valence-corrected chi connectivity index (χ3v) is 1.97. The predicted octanol–water partition coefficient (Wildman–Crippen LogP) is 4.25. The summed E-state index contributed by atoms with van der Waals surface area (Å²) in [7, 11) is 0. The Morgan fingerprint density at radius 1 is 0.889 bits per heavy atom. The standard InChI is InChI=1S/C13H12N2.2CH3.Al/c1-3-7-12(8-4-1)14-11-15-13-9-5-2-6-10-13;;;/h1-11H,(H,14,15);2*1H3;. The summed E-state index contributed by atoms with van der Waals surface area (Å²) in [6, 6.07) is 19.8. The lowest BCUT2D eigenvalue weighted by molar-refractivity contribution is 1.52. The summed E-state index contributed by atoms with van der Waals surface area (Å²) in [5.74, 6) is 4.42. The number of rotatable bonds is 3. The molecule has 3 heteroatoms. The summed E-state index contributed by atoms with van der Waals surface area (Å²) < 4.78 is 0. The molecule has 0 atom stereocenters. The Bertz CT molecular complexity index is 441. The average Bonchev–Trinajstić information content (AvgIpc) is 2.42. The van der Waals surface area contributed by atoms with E-state index in [4.69, 9.17) is 0 Å². The summed E-state index contributed by atoms with van der Waals surface area (Å²) in [4.78, 5) is 4.27. The van der Waals surface area contributed by atoms with E-state index < -0.39 is 0 Å². The molecular formula is C15H18AlN2. The Morgan fingerprint density at radius 2 is 1.39 bits per heavy atom. The highest BCUT2D eigenvalue weighted by atomic mass is 27.1. The van der Waals surface area contributed by atoms with Crippen LogP contribution in [0, 0.1) is 0 Å². The second-order valence-electron chi connectivity index (χ2n) is 3.68. The summed E-state index contributed by atoms with van der Waals surface area (Å²) in [6.45, 7) is 0. The van der Waals surface area contributed by atoms with Crippen LogP contribution >= 0.6 is 0 Å². The first-order chi connectivity index (χ1) is 8.86. The van der Waals surface area contributed by atoms with E-state index in [1.54, 1.807) is 6.34 Å². The Morgan fingerprint density at radius 3 is 1.94 bits per heavy atom. The molecule has 1 radical (unpaired) electrons. The lowest BCUT2D eigenvalue weighted by atomic mass is 10.3. The number of benzene rings is 2. The molecule has 2 nitrogen and oxygen atoms in total. The van der Waals surface area contributed by atoms with Gasteiger partial charge in [-0.05, 0) is 24.3 Å². The minimum atomic E-state index is 0.750. The summed E-state index contributed by atoms with van der Waals surface area (Å²) >= 11 is 0.750. The van der Waals surface area contributed by atoms with Gasteiger partial charge in [-0.1, -0.05) is 36.4 Å². The van der Waals surface area contributed by atoms with Gasteiger partial charge in [-0.2, -0.15) is 0 Å². The SMILES string of the molecule is C(=Nc1ccccc1)Nc1ccccc1.[CH3][Al][CH3]. The molecule has 1 N–H and O–H groups in total. The van der Waals surface area contributed by atoms with Crippen LogP contribution in [0.25, 0.3) is 0 Å². The van der Waals surface area contributed by atoms with E-state index in [-0.39, 0.29) is 0 Å². The van der Waals surface area contributed by atoms with Crippen LogP contribution in [0.2, 0.25) is 11.6 Å². The van der Waals surface area contributed by atoms with E-state index in [0.29, 0.717) is 0 Å². The van der Waals surface area contributed by atoms with Crippen molar-refractivity contribution in [2.24, 2.45) is 4.99 Å². The zero-order valence-electron chi connectivity index (χ0n) is 10.9. The van der Waals surface area contributed by atoms with Gasteiger partial charge in [0.15, 0.2) is 15.2 Å². The number of nitrogens with one attached hydrogen (secondary N) is 1. The molecule has 0 spiro atoms. The quantitative estimate of drug-likeness (QED) is 0.493. The Labute approximate surface area is 115 Å². The number of aliphatic imine (C=N–C) groups is 1. The van der Waals surface area contributed by atoms with Crippen molar-refractivity contribution in [3.05, 3.63) is 60.7 Å². The highest BCUT2D eigenvalue weighted by molar-refractivity contribution is 6.31. The van der Waals surface area contributed by atoms with Gasteiger partial charge in [0.25, 0.3) is 0 Å². The first-order valence-electron chi connectivity index (χ1n) is 6.00. The van der Waals surface area contributed by atoms with Crippen molar-refractivity contribution < 1.29 is 0 Å². The topological polar surface area (TPSA) is 24.4 Å². The number of hydrogen-bond donors (Lipinski definition) is 1. The van der Waals surface area contributed by atoms with Gasteiger partial charge in [0.05, 0.1) is 12.0 Å². The maximum Gasteiger partial charge on any atom is 0.191 e. The Balaban J connectivity index is 0.000000492. The van der Waals surface area contributed by atoms with Crippen molar-refractivity contribution in [1.82, 2.24) is 0 Å². The first kappa shape index (κ1) is 14.5. The third kappa shape index (κ3) is 6.25. The van der Waals surface area contributed by atoms with Crippen LogP contribution in [0.15, 0.2) is 65.7 Å². The van der Waals surface area contributed by atoms with Gasteiger partial charge in [0, 0.05) is 5.69 Å². The fourth-order valence-electron chi connectivity index (χ4n) is 1.23. The predicted molar refractivity (Wildman–Crippen MR) is 82.1 cm³/mol. The van der Waals surface area contributed by atoms with Gasteiger partial charge in [-0.3, -0.25) is 0 Å². The fraction of sp³-hybridized carbons (Fsp3) is 0.133. The maximum absolute atomic E-state index is 4.27. The van der Waals surface area contributed by atoms with Crippen molar-refractivity contribution >= 4 is 32.9 Å². The van der Waals surface area contributed by atoms with E-state index in [2.05, 4.69) is 21.9 Å². The molecule has 91 valence electrons. The van der Waals surface area contributed by atoms with Crippen LogP contribution in [0.3, 0.4) is 0 Å². The zero-order valence-corrected chi connectivity index (χ0v) is 12.0. The molecule has 0 saturated heterocycles. The molecule has 0 amide bonds. The van der Waals surface area contributed by atoms with Crippen LogP contribution in [0.1, 0.15) is 0 Å². The van der Waals surface area contributed by atoms with Crippen LogP contribution < -0.4 is 5.32 Å². The molecule has 0 aliphatic rings. The van der Waals surface area contributed by atoms with E-state index in [0.717, 1.165) is 26.6 Å². The number of anilines is 1. The molecule has 0 unspecified atom stereocenters. The molecule has 0 aliphatic heterocycles. The molecule has 2 aromatic rings. The van der Waals surface area contributed by atoms with Crippen molar-refractivity contribution in [1.29, 1.82) is 0 Å². The van der Waals surface area contributed by atoms with Gasteiger partial charge in [0.1, 0.15) is 0 Å². The van der Waals surface area contributed by atoms with E-state index in [1.165, 1.54) is 0 Å². The third-order valence-electron chi connectivity index (χ3n) is 1.97. The van der Waals surface area contributed by atoms with E-state index in [1.807, 2.05) is 60.7 Å². The molecule has 0 fully saturated rings.